The second-order valence-corrected chi connectivity index (χ2v) is 9.06. The van der Waals surface area contributed by atoms with Crippen molar-refractivity contribution < 1.29 is 0 Å². The minimum atomic E-state index is -0.00768. The summed E-state index contributed by atoms with van der Waals surface area (Å²) in [5.74, 6) is 0.630. The molecule has 148 valence electrons. The molecular formula is C24H18ClN3OS. The van der Waals surface area contributed by atoms with Crippen molar-refractivity contribution in [3.63, 3.8) is 0 Å². The van der Waals surface area contributed by atoms with E-state index in [0.29, 0.717) is 23.0 Å². The first-order valence-corrected chi connectivity index (χ1v) is 11.1. The highest BCUT2D eigenvalue weighted by Gasteiger charge is 2.22. The van der Waals surface area contributed by atoms with Crippen LogP contribution in [0.5, 0.6) is 0 Å². The number of aromatic nitrogens is 2. The van der Waals surface area contributed by atoms with Crippen LogP contribution < -0.4 is 5.56 Å². The highest BCUT2D eigenvalue weighted by Crippen LogP contribution is 2.35. The molecule has 0 unspecified atom stereocenters. The van der Waals surface area contributed by atoms with Crippen molar-refractivity contribution in [3.8, 4) is 17.5 Å². The molecule has 1 aliphatic carbocycles. The summed E-state index contributed by atoms with van der Waals surface area (Å²) in [6.45, 7) is 0.361. The highest BCUT2D eigenvalue weighted by atomic mass is 35.5. The van der Waals surface area contributed by atoms with Crippen molar-refractivity contribution in [2.24, 2.45) is 0 Å². The van der Waals surface area contributed by atoms with Crippen molar-refractivity contribution >= 4 is 33.2 Å². The normalized spacial score (nSPS) is 13.2. The molecule has 5 rings (SSSR count). The number of halogens is 1. The molecule has 0 spiro atoms. The Balaban J connectivity index is 1.75. The van der Waals surface area contributed by atoms with E-state index in [9.17, 15) is 10.1 Å². The summed E-state index contributed by atoms with van der Waals surface area (Å²) >= 11 is 7.73. The third-order valence-electron chi connectivity index (χ3n) is 5.57. The molecule has 0 amide bonds. The number of thiophene rings is 1. The van der Waals surface area contributed by atoms with Gasteiger partial charge in [0.2, 0.25) is 0 Å². The number of nitriles is 1. The molecule has 0 radical (unpaired) electrons. The summed E-state index contributed by atoms with van der Waals surface area (Å²) < 4.78 is 1.74. The third-order valence-corrected chi connectivity index (χ3v) is 7.01. The van der Waals surface area contributed by atoms with Crippen molar-refractivity contribution in [2.75, 3.05) is 0 Å². The number of nitrogens with zero attached hydrogens (tertiary/aromatic N) is 3. The predicted molar refractivity (Wildman–Crippen MR) is 121 cm³/mol. The zero-order chi connectivity index (χ0) is 20.7. The van der Waals surface area contributed by atoms with E-state index >= 15 is 0 Å². The molecule has 2 heterocycles. The largest absolute Gasteiger partial charge is 0.288 e. The Hall–Kier alpha value is -2.94. The molecule has 0 bridgehead atoms. The molecule has 2 aromatic heterocycles. The van der Waals surface area contributed by atoms with Gasteiger partial charge in [0, 0.05) is 15.5 Å². The fourth-order valence-corrected chi connectivity index (χ4v) is 5.50. The number of hydrogen-bond donors (Lipinski definition) is 0. The fourth-order valence-electron chi connectivity index (χ4n) is 4.13. The minimum Gasteiger partial charge on any atom is -0.288 e. The average molecular weight is 432 g/mol. The van der Waals surface area contributed by atoms with Crippen LogP contribution in [-0.4, -0.2) is 9.55 Å². The van der Waals surface area contributed by atoms with E-state index in [4.69, 9.17) is 16.6 Å². The second-order valence-electron chi connectivity index (χ2n) is 7.54. The summed E-state index contributed by atoms with van der Waals surface area (Å²) in [7, 11) is 0. The van der Waals surface area contributed by atoms with Gasteiger partial charge in [-0.05, 0) is 73.2 Å². The van der Waals surface area contributed by atoms with Crippen LogP contribution in [0.1, 0.15) is 34.4 Å². The summed E-state index contributed by atoms with van der Waals surface area (Å²) in [6, 6.07) is 17.0. The van der Waals surface area contributed by atoms with Gasteiger partial charge < -0.3 is 0 Å². The van der Waals surface area contributed by atoms with E-state index in [1.54, 1.807) is 22.0 Å². The molecular weight excluding hydrogens is 414 g/mol. The topological polar surface area (TPSA) is 58.7 Å². The molecule has 0 N–H and O–H groups in total. The van der Waals surface area contributed by atoms with Crippen LogP contribution in [0.4, 0.5) is 0 Å². The second kappa shape index (κ2) is 7.71. The van der Waals surface area contributed by atoms with Crippen molar-refractivity contribution in [1.29, 1.82) is 5.26 Å². The van der Waals surface area contributed by atoms with E-state index in [1.807, 2.05) is 42.5 Å². The molecule has 0 atom stereocenters. The zero-order valence-electron chi connectivity index (χ0n) is 16.2. The number of rotatable bonds is 3. The first kappa shape index (κ1) is 19.0. The van der Waals surface area contributed by atoms with Crippen LogP contribution in [0.2, 0.25) is 5.02 Å². The van der Waals surface area contributed by atoms with Gasteiger partial charge in [-0.15, -0.1) is 11.3 Å². The Kier molecular flexibility index (Phi) is 4.90. The van der Waals surface area contributed by atoms with Crippen LogP contribution >= 0.6 is 22.9 Å². The van der Waals surface area contributed by atoms with E-state index in [0.717, 1.165) is 40.6 Å². The Morgan fingerprint density at radius 2 is 1.93 bits per heavy atom. The van der Waals surface area contributed by atoms with Gasteiger partial charge in [-0.1, -0.05) is 23.7 Å². The summed E-state index contributed by atoms with van der Waals surface area (Å²) in [5, 5.41) is 10.7. The molecule has 0 aliphatic heterocycles. The number of hydrogen-bond acceptors (Lipinski definition) is 4. The van der Waals surface area contributed by atoms with Gasteiger partial charge in [-0.25, -0.2) is 4.98 Å². The monoisotopic (exact) mass is 431 g/mol. The first-order valence-electron chi connectivity index (χ1n) is 9.94. The Labute approximate surface area is 183 Å². The molecule has 1 aliphatic rings. The van der Waals surface area contributed by atoms with Crippen molar-refractivity contribution in [2.45, 2.75) is 32.2 Å². The summed E-state index contributed by atoms with van der Waals surface area (Å²) in [6.07, 6.45) is 4.24. The smallest absolute Gasteiger partial charge is 0.263 e. The zero-order valence-corrected chi connectivity index (χ0v) is 17.8. The summed E-state index contributed by atoms with van der Waals surface area (Å²) in [4.78, 5) is 20.8. The van der Waals surface area contributed by atoms with Crippen LogP contribution in [0, 0.1) is 11.3 Å². The lowest BCUT2D eigenvalue weighted by Crippen LogP contribution is -2.24. The molecule has 4 aromatic rings. The SMILES string of the molecule is N#Cc1cccc(Cn2c(-c3ccc(Cl)cc3)nc3sc4c(c3c2=O)CCCC4)c1. The van der Waals surface area contributed by atoms with E-state index in [-0.39, 0.29) is 5.56 Å². The molecule has 4 nitrogen and oxygen atoms in total. The van der Waals surface area contributed by atoms with E-state index < -0.39 is 0 Å². The molecule has 0 saturated heterocycles. The summed E-state index contributed by atoms with van der Waals surface area (Å²) in [5.41, 5.74) is 3.50. The molecule has 0 fully saturated rings. The van der Waals surface area contributed by atoms with Crippen molar-refractivity contribution in [1.82, 2.24) is 9.55 Å². The van der Waals surface area contributed by atoms with Gasteiger partial charge in [0.1, 0.15) is 10.7 Å². The Morgan fingerprint density at radius 1 is 1.13 bits per heavy atom. The number of fused-ring (bicyclic) bond motifs is 3. The van der Waals surface area contributed by atoms with Crippen LogP contribution in [-0.2, 0) is 19.4 Å². The number of aryl methyl sites for hydroxylation is 2. The predicted octanol–water partition coefficient (Wildman–Crippen LogP) is 5.58. The van der Waals surface area contributed by atoms with Crippen LogP contribution in [0.3, 0.4) is 0 Å². The van der Waals surface area contributed by atoms with Crippen molar-refractivity contribution in [3.05, 3.63) is 85.5 Å². The molecule has 2 aromatic carbocycles. The van der Waals surface area contributed by atoms with Gasteiger partial charge in [0.25, 0.3) is 5.56 Å². The first-order chi connectivity index (χ1) is 14.6. The van der Waals surface area contributed by atoms with Gasteiger partial charge in [0.05, 0.1) is 23.6 Å². The number of benzene rings is 2. The van der Waals surface area contributed by atoms with Gasteiger partial charge in [-0.3, -0.25) is 9.36 Å². The molecule has 30 heavy (non-hydrogen) atoms. The lowest BCUT2D eigenvalue weighted by molar-refractivity contribution is 0.698. The van der Waals surface area contributed by atoms with E-state index in [2.05, 4.69) is 6.07 Å². The maximum absolute atomic E-state index is 13.7. The lowest BCUT2D eigenvalue weighted by atomic mass is 9.97. The quantitative estimate of drug-likeness (QED) is 0.425. The van der Waals surface area contributed by atoms with Crippen LogP contribution in [0.25, 0.3) is 21.6 Å². The average Bonchev–Trinajstić information content (AvgIpc) is 3.15. The Morgan fingerprint density at radius 3 is 2.73 bits per heavy atom. The molecule has 6 heteroatoms. The highest BCUT2D eigenvalue weighted by molar-refractivity contribution is 7.18. The van der Waals surface area contributed by atoms with Gasteiger partial charge in [0.15, 0.2) is 0 Å². The Bertz CT molecular complexity index is 1360. The van der Waals surface area contributed by atoms with E-state index in [1.165, 1.54) is 16.9 Å². The lowest BCUT2D eigenvalue weighted by Gasteiger charge is -2.14. The van der Waals surface area contributed by atoms with Gasteiger partial charge >= 0.3 is 0 Å². The maximum atomic E-state index is 13.7. The molecule has 0 saturated carbocycles. The van der Waals surface area contributed by atoms with Crippen LogP contribution in [0.15, 0.2) is 53.3 Å². The standard InChI is InChI=1S/C24H18ClN3OS/c25-18-10-8-17(9-11-18)22-27-23-21(19-6-1-2-7-20(19)30-23)24(29)28(22)14-16-5-3-4-15(12-16)13-26/h3-5,8-12H,1-2,6-7,14H2. The third kappa shape index (κ3) is 3.32. The van der Waals surface area contributed by atoms with Gasteiger partial charge in [-0.2, -0.15) is 5.26 Å². The fraction of sp³-hybridized carbons (Fsp3) is 0.208. The maximum Gasteiger partial charge on any atom is 0.263 e. The minimum absolute atomic E-state index is 0.00768.